The molecule has 10 heteroatoms. The predicted molar refractivity (Wildman–Crippen MR) is 95.3 cm³/mol. The maximum absolute atomic E-state index is 12.5. The molecule has 0 saturated heterocycles. The van der Waals surface area contributed by atoms with Crippen LogP contribution in [0.3, 0.4) is 0 Å². The smallest absolute Gasteiger partial charge is 0.306 e. The van der Waals surface area contributed by atoms with Crippen LogP contribution in [-0.2, 0) is 4.79 Å². The van der Waals surface area contributed by atoms with Crippen LogP contribution in [0.5, 0.6) is 5.75 Å². The maximum Gasteiger partial charge on any atom is 0.306 e. The highest BCUT2D eigenvalue weighted by atomic mass is 35.5. The van der Waals surface area contributed by atoms with Gasteiger partial charge in [0.2, 0.25) is 0 Å². The zero-order valence-electron chi connectivity index (χ0n) is 13.1. The number of carboxylic acids is 1. The molecule has 2 N–H and O–H groups in total. The van der Waals surface area contributed by atoms with Gasteiger partial charge in [0, 0.05) is 17.2 Å². The van der Waals surface area contributed by atoms with Gasteiger partial charge in [0.25, 0.3) is 11.6 Å². The Kier molecular flexibility index (Phi) is 6.37. The first-order valence-corrected chi connectivity index (χ1v) is 7.93. The summed E-state index contributed by atoms with van der Waals surface area (Å²) in [7, 11) is 0. The number of hydrogen-bond donors (Lipinski definition) is 2. The van der Waals surface area contributed by atoms with Gasteiger partial charge in [-0.05, 0) is 24.3 Å². The molecule has 136 valence electrons. The number of nitrogens with one attached hydrogen (secondary N) is 1. The quantitative estimate of drug-likeness (QED) is 0.537. The van der Waals surface area contributed by atoms with Crippen molar-refractivity contribution in [1.82, 2.24) is 0 Å². The summed E-state index contributed by atoms with van der Waals surface area (Å²) in [6.45, 7) is -0.129. The fourth-order valence-corrected chi connectivity index (χ4v) is 2.36. The molecule has 0 saturated carbocycles. The van der Waals surface area contributed by atoms with Crippen LogP contribution in [0, 0.1) is 10.1 Å². The number of hydrogen-bond acceptors (Lipinski definition) is 5. The fraction of sp³-hybridized carbons (Fsp3) is 0.125. The standard InChI is InChI=1S/C16H12Cl2N2O6/c17-9-1-4-14(26-6-5-15(21)22)11(7-9)16(23)19-13-3-2-10(20(24)25)8-12(13)18/h1-4,7-8H,5-6H2,(H,19,23)(H,21,22). The number of carboxylic acid groups (broad SMARTS) is 1. The van der Waals surface area contributed by atoms with E-state index in [0.29, 0.717) is 0 Å². The largest absolute Gasteiger partial charge is 0.492 e. The van der Waals surface area contributed by atoms with Gasteiger partial charge in [0.15, 0.2) is 0 Å². The number of nitro groups is 1. The lowest BCUT2D eigenvalue weighted by Crippen LogP contribution is -2.15. The van der Waals surface area contributed by atoms with Crippen molar-refractivity contribution in [2.24, 2.45) is 0 Å². The Bertz CT molecular complexity index is 872. The summed E-state index contributed by atoms with van der Waals surface area (Å²) in [4.78, 5) is 33.2. The minimum atomic E-state index is -1.04. The van der Waals surface area contributed by atoms with Crippen molar-refractivity contribution in [3.8, 4) is 5.75 Å². The van der Waals surface area contributed by atoms with Crippen molar-refractivity contribution in [2.75, 3.05) is 11.9 Å². The third-order valence-electron chi connectivity index (χ3n) is 3.17. The van der Waals surface area contributed by atoms with Crippen molar-refractivity contribution in [1.29, 1.82) is 0 Å². The molecule has 1 amide bonds. The Morgan fingerprint density at radius 2 is 1.92 bits per heavy atom. The van der Waals surface area contributed by atoms with Crippen LogP contribution < -0.4 is 10.1 Å². The number of benzene rings is 2. The Morgan fingerprint density at radius 1 is 1.19 bits per heavy atom. The first-order valence-electron chi connectivity index (χ1n) is 7.17. The topological polar surface area (TPSA) is 119 Å². The molecular formula is C16H12Cl2N2O6. The number of halogens is 2. The van der Waals surface area contributed by atoms with Crippen molar-refractivity contribution >= 4 is 46.5 Å². The van der Waals surface area contributed by atoms with Crippen LogP contribution >= 0.6 is 23.2 Å². The molecule has 0 radical (unpaired) electrons. The average Bonchev–Trinajstić information content (AvgIpc) is 2.57. The fourth-order valence-electron chi connectivity index (χ4n) is 1.96. The molecule has 0 aromatic heterocycles. The normalized spacial score (nSPS) is 10.2. The summed E-state index contributed by atoms with van der Waals surface area (Å²) in [6, 6.07) is 7.90. The molecule has 2 rings (SSSR count). The molecule has 0 aliphatic carbocycles. The first kappa shape index (κ1) is 19.5. The SMILES string of the molecule is O=C(O)CCOc1ccc(Cl)cc1C(=O)Nc1ccc([N+](=O)[O-])cc1Cl. The zero-order valence-corrected chi connectivity index (χ0v) is 14.6. The number of non-ortho nitro benzene ring substituents is 1. The number of nitrogens with zero attached hydrogens (tertiary/aromatic N) is 1. The Morgan fingerprint density at radius 3 is 2.54 bits per heavy atom. The lowest BCUT2D eigenvalue weighted by Gasteiger charge is -2.12. The van der Waals surface area contributed by atoms with Crippen LogP contribution in [0.15, 0.2) is 36.4 Å². The molecule has 0 atom stereocenters. The van der Waals surface area contributed by atoms with Crippen LogP contribution in [-0.4, -0.2) is 28.5 Å². The van der Waals surface area contributed by atoms with Crippen LogP contribution in [0.1, 0.15) is 16.8 Å². The number of carbonyl (C=O) groups is 2. The molecule has 0 spiro atoms. The third kappa shape index (κ3) is 5.08. The van der Waals surface area contributed by atoms with E-state index < -0.39 is 16.8 Å². The van der Waals surface area contributed by atoms with Crippen molar-refractivity contribution in [3.63, 3.8) is 0 Å². The molecule has 0 unspecified atom stereocenters. The highest BCUT2D eigenvalue weighted by molar-refractivity contribution is 6.34. The van der Waals surface area contributed by atoms with Gasteiger partial charge < -0.3 is 15.2 Å². The average molecular weight is 399 g/mol. The number of rotatable bonds is 7. The van der Waals surface area contributed by atoms with E-state index in [1.54, 1.807) is 0 Å². The van der Waals surface area contributed by atoms with Crippen LogP contribution in [0.4, 0.5) is 11.4 Å². The van der Waals surface area contributed by atoms with E-state index in [0.717, 1.165) is 6.07 Å². The number of nitro benzene ring substituents is 1. The molecule has 2 aromatic carbocycles. The highest BCUT2D eigenvalue weighted by Crippen LogP contribution is 2.29. The van der Waals surface area contributed by atoms with E-state index >= 15 is 0 Å². The Hall–Kier alpha value is -2.84. The minimum absolute atomic E-state index is 0.0112. The number of aliphatic carboxylic acids is 1. The summed E-state index contributed by atoms with van der Waals surface area (Å²) in [6.07, 6.45) is -0.238. The van der Waals surface area contributed by atoms with Crippen LogP contribution in [0.2, 0.25) is 10.0 Å². The lowest BCUT2D eigenvalue weighted by molar-refractivity contribution is -0.384. The number of anilines is 1. The highest BCUT2D eigenvalue weighted by Gasteiger charge is 2.17. The van der Waals surface area contributed by atoms with Crippen molar-refractivity contribution < 1.29 is 24.4 Å². The molecule has 0 bridgehead atoms. The summed E-state index contributed by atoms with van der Waals surface area (Å²) in [5.74, 6) is -1.51. The number of amides is 1. The van der Waals surface area contributed by atoms with Gasteiger partial charge in [-0.2, -0.15) is 0 Å². The van der Waals surface area contributed by atoms with E-state index in [9.17, 15) is 19.7 Å². The van der Waals surface area contributed by atoms with Gasteiger partial charge in [-0.1, -0.05) is 23.2 Å². The van der Waals surface area contributed by atoms with E-state index in [2.05, 4.69) is 5.32 Å². The summed E-state index contributed by atoms with van der Waals surface area (Å²) in [5.41, 5.74) is 0.0180. The zero-order chi connectivity index (χ0) is 19.3. The molecule has 26 heavy (non-hydrogen) atoms. The molecule has 0 heterocycles. The van der Waals surface area contributed by atoms with Gasteiger partial charge in [-0.15, -0.1) is 0 Å². The molecule has 0 fully saturated rings. The Labute approximate surface area is 157 Å². The summed E-state index contributed by atoms with van der Waals surface area (Å²) in [5, 5.41) is 22.2. The van der Waals surface area contributed by atoms with Crippen LogP contribution in [0.25, 0.3) is 0 Å². The number of ether oxygens (including phenoxy) is 1. The van der Waals surface area contributed by atoms with E-state index in [1.807, 2.05) is 0 Å². The summed E-state index contributed by atoms with van der Waals surface area (Å²) < 4.78 is 5.32. The second-order valence-corrected chi connectivity index (χ2v) is 5.85. The maximum atomic E-state index is 12.5. The molecule has 8 nitrogen and oxygen atoms in total. The molecular weight excluding hydrogens is 387 g/mol. The summed E-state index contributed by atoms with van der Waals surface area (Å²) >= 11 is 11.9. The predicted octanol–water partition coefficient (Wildman–Crippen LogP) is 4.01. The lowest BCUT2D eigenvalue weighted by atomic mass is 10.1. The van der Waals surface area contributed by atoms with Crippen molar-refractivity contribution in [2.45, 2.75) is 6.42 Å². The third-order valence-corrected chi connectivity index (χ3v) is 3.72. The second-order valence-electron chi connectivity index (χ2n) is 5.01. The molecule has 2 aromatic rings. The van der Waals surface area contributed by atoms with Crippen molar-refractivity contribution in [3.05, 3.63) is 62.1 Å². The van der Waals surface area contributed by atoms with Gasteiger partial charge >= 0.3 is 5.97 Å². The van der Waals surface area contributed by atoms with Gasteiger partial charge in [0.1, 0.15) is 5.75 Å². The Balaban J connectivity index is 2.22. The van der Waals surface area contributed by atoms with E-state index in [-0.39, 0.29) is 45.8 Å². The minimum Gasteiger partial charge on any atom is -0.492 e. The second kappa shape index (κ2) is 8.50. The van der Waals surface area contributed by atoms with Gasteiger partial charge in [-0.25, -0.2) is 0 Å². The van der Waals surface area contributed by atoms with E-state index in [1.165, 1.54) is 30.3 Å². The van der Waals surface area contributed by atoms with Gasteiger partial charge in [-0.3, -0.25) is 19.7 Å². The molecule has 0 aliphatic heterocycles. The first-order chi connectivity index (χ1) is 12.3. The van der Waals surface area contributed by atoms with E-state index in [4.69, 9.17) is 33.0 Å². The monoisotopic (exact) mass is 398 g/mol. The molecule has 0 aliphatic rings. The number of carbonyl (C=O) groups excluding carboxylic acids is 1. The van der Waals surface area contributed by atoms with Gasteiger partial charge in [0.05, 0.1) is 34.2 Å².